The van der Waals surface area contributed by atoms with Crippen LogP contribution in [0.5, 0.6) is 0 Å². The van der Waals surface area contributed by atoms with Crippen LogP contribution in [0.1, 0.15) is 17.2 Å². The van der Waals surface area contributed by atoms with Crippen molar-refractivity contribution in [1.82, 2.24) is 0 Å². The summed E-state index contributed by atoms with van der Waals surface area (Å²) in [5, 5.41) is 10.1. The van der Waals surface area contributed by atoms with Crippen molar-refractivity contribution in [2.75, 3.05) is 0 Å². The zero-order chi connectivity index (χ0) is 13.1. The molecule has 0 bridgehead atoms. The van der Waals surface area contributed by atoms with Crippen molar-refractivity contribution < 1.29 is 9.50 Å². The first-order chi connectivity index (χ1) is 8.56. The summed E-state index contributed by atoms with van der Waals surface area (Å²) in [5.74, 6) is -0.504. The van der Waals surface area contributed by atoms with Gasteiger partial charge in [0.25, 0.3) is 0 Å². The predicted octanol–water partition coefficient (Wildman–Crippen LogP) is 4.36. The van der Waals surface area contributed by atoms with Crippen molar-refractivity contribution in [2.45, 2.75) is 12.5 Å². The quantitative estimate of drug-likeness (QED) is 0.789. The summed E-state index contributed by atoms with van der Waals surface area (Å²) in [7, 11) is 0. The summed E-state index contributed by atoms with van der Waals surface area (Å²) in [6.07, 6.45) is -0.269. The van der Waals surface area contributed by atoms with Gasteiger partial charge in [-0.05, 0) is 58.0 Å². The van der Waals surface area contributed by atoms with Crippen molar-refractivity contribution in [3.63, 3.8) is 0 Å². The van der Waals surface area contributed by atoms with Gasteiger partial charge in [-0.25, -0.2) is 4.39 Å². The van der Waals surface area contributed by atoms with E-state index in [1.54, 1.807) is 6.07 Å². The topological polar surface area (TPSA) is 20.2 Å². The minimum absolute atomic E-state index is 0.0696. The van der Waals surface area contributed by atoms with Gasteiger partial charge in [-0.1, -0.05) is 29.8 Å². The lowest BCUT2D eigenvalue weighted by molar-refractivity contribution is 0.178. The lowest BCUT2D eigenvalue weighted by atomic mass is 10.0. The Bertz CT molecular complexity index is 542. The molecule has 0 saturated heterocycles. The Morgan fingerprint density at radius 3 is 2.44 bits per heavy atom. The molecule has 0 heterocycles. The summed E-state index contributed by atoms with van der Waals surface area (Å²) in [5.41, 5.74) is 1.55. The fourth-order valence-electron chi connectivity index (χ4n) is 1.68. The molecule has 4 heteroatoms. The molecule has 94 valence electrons. The van der Waals surface area contributed by atoms with Crippen molar-refractivity contribution in [2.24, 2.45) is 0 Å². The van der Waals surface area contributed by atoms with E-state index >= 15 is 0 Å². The van der Waals surface area contributed by atoms with E-state index in [1.807, 2.05) is 24.3 Å². The van der Waals surface area contributed by atoms with Crippen LogP contribution in [0.4, 0.5) is 4.39 Å². The maximum absolute atomic E-state index is 13.3. The third kappa shape index (κ3) is 3.43. The Morgan fingerprint density at radius 2 is 1.83 bits per heavy atom. The van der Waals surface area contributed by atoms with Crippen LogP contribution in [0.25, 0.3) is 0 Å². The Kier molecular flexibility index (Phi) is 4.59. The van der Waals surface area contributed by atoms with E-state index in [2.05, 4.69) is 22.6 Å². The van der Waals surface area contributed by atoms with E-state index in [4.69, 9.17) is 11.6 Å². The molecule has 1 atom stereocenters. The molecule has 2 aromatic carbocycles. The highest BCUT2D eigenvalue weighted by molar-refractivity contribution is 14.1. The average molecular weight is 377 g/mol. The number of hydrogen-bond donors (Lipinski definition) is 1. The predicted molar refractivity (Wildman–Crippen MR) is 79.2 cm³/mol. The molecule has 0 radical (unpaired) electrons. The lowest BCUT2D eigenvalue weighted by Gasteiger charge is -2.11. The van der Waals surface area contributed by atoms with E-state index in [-0.39, 0.29) is 5.02 Å². The summed E-state index contributed by atoms with van der Waals surface area (Å²) in [4.78, 5) is 0. The summed E-state index contributed by atoms with van der Waals surface area (Å²) in [6, 6.07) is 12.2. The van der Waals surface area contributed by atoms with Crippen LogP contribution in [-0.2, 0) is 6.42 Å². The van der Waals surface area contributed by atoms with E-state index in [9.17, 15) is 9.50 Å². The third-order valence-electron chi connectivity index (χ3n) is 2.67. The number of aliphatic hydroxyl groups excluding tert-OH is 1. The first kappa shape index (κ1) is 13.8. The van der Waals surface area contributed by atoms with E-state index in [0.717, 1.165) is 9.13 Å². The van der Waals surface area contributed by atoms with E-state index in [1.165, 1.54) is 12.1 Å². The molecule has 0 aliphatic heterocycles. The molecule has 0 spiro atoms. The first-order valence-electron chi connectivity index (χ1n) is 5.44. The number of benzene rings is 2. The monoisotopic (exact) mass is 376 g/mol. The molecular weight excluding hydrogens is 366 g/mol. The van der Waals surface area contributed by atoms with Gasteiger partial charge in [-0.2, -0.15) is 0 Å². The minimum atomic E-state index is -0.725. The molecule has 0 aromatic heterocycles. The molecule has 1 unspecified atom stereocenters. The van der Waals surface area contributed by atoms with Gasteiger partial charge in [0, 0.05) is 9.99 Å². The molecule has 0 aliphatic rings. The second kappa shape index (κ2) is 5.99. The van der Waals surface area contributed by atoms with Gasteiger partial charge >= 0.3 is 0 Å². The molecule has 2 aromatic rings. The van der Waals surface area contributed by atoms with Crippen LogP contribution in [-0.4, -0.2) is 5.11 Å². The van der Waals surface area contributed by atoms with Crippen molar-refractivity contribution in [3.05, 3.63) is 68.0 Å². The Balaban J connectivity index is 2.13. The second-order valence-corrected chi connectivity index (χ2v) is 5.67. The summed E-state index contributed by atoms with van der Waals surface area (Å²) in [6.45, 7) is 0. The molecule has 1 N–H and O–H groups in total. The fraction of sp³-hybridized carbons (Fsp3) is 0.143. The van der Waals surface area contributed by atoms with Crippen LogP contribution in [0.15, 0.2) is 42.5 Å². The van der Waals surface area contributed by atoms with Crippen LogP contribution >= 0.6 is 34.2 Å². The Labute approximate surface area is 124 Å². The zero-order valence-corrected chi connectivity index (χ0v) is 12.3. The minimum Gasteiger partial charge on any atom is -0.388 e. The Hall–Kier alpha value is -0.650. The van der Waals surface area contributed by atoms with Gasteiger partial charge < -0.3 is 5.11 Å². The molecule has 1 nitrogen and oxygen atoms in total. The van der Waals surface area contributed by atoms with Gasteiger partial charge in [0.1, 0.15) is 5.82 Å². The van der Waals surface area contributed by atoms with Crippen LogP contribution in [0, 0.1) is 9.39 Å². The molecule has 18 heavy (non-hydrogen) atoms. The second-order valence-electron chi connectivity index (χ2n) is 4.02. The highest BCUT2D eigenvalue weighted by Gasteiger charge is 2.11. The van der Waals surface area contributed by atoms with Crippen molar-refractivity contribution >= 4 is 34.2 Å². The number of hydrogen-bond acceptors (Lipinski definition) is 1. The number of halogens is 3. The summed E-state index contributed by atoms with van der Waals surface area (Å²) >= 11 is 7.83. The van der Waals surface area contributed by atoms with Crippen LogP contribution < -0.4 is 0 Å². The van der Waals surface area contributed by atoms with Crippen LogP contribution in [0.2, 0.25) is 5.02 Å². The number of rotatable bonds is 3. The van der Waals surface area contributed by atoms with Gasteiger partial charge in [0.05, 0.1) is 11.1 Å². The summed E-state index contributed by atoms with van der Waals surface area (Å²) < 4.78 is 14.4. The van der Waals surface area contributed by atoms with Gasteiger partial charge in [0.15, 0.2) is 0 Å². The highest BCUT2D eigenvalue weighted by Crippen LogP contribution is 2.23. The molecular formula is C14H11ClFIO. The molecule has 0 saturated carbocycles. The van der Waals surface area contributed by atoms with E-state index < -0.39 is 11.9 Å². The maximum Gasteiger partial charge on any atom is 0.142 e. The first-order valence-corrected chi connectivity index (χ1v) is 6.89. The van der Waals surface area contributed by atoms with Crippen molar-refractivity contribution in [3.8, 4) is 0 Å². The maximum atomic E-state index is 13.3. The fourth-order valence-corrected chi connectivity index (χ4v) is 2.16. The van der Waals surface area contributed by atoms with Gasteiger partial charge in [-0.15, -0.1) is 0 Å². The van der Waals surface area contributed by atoms with Gasteiger partial charge in [0.2, 0.25) is 0 Å². The molecule has 0 fully saturated rings. The zero-order valence-electron chi connectivity index (χ0n) is 9.41. The Morgan fingerprint density at radius 1 is 1.17 bits per heavy atom. The molecule has 0 amide bonds. The normalized spacial score (nSPS) is 12.4. The molecule has 2 rings (SSSR count). The standard InChI is InChI=1S/C14H11ClFIO/c15-12-6-3-10(8-13(12)16)14(18)7-9-1-4-11(17)5-2-9/h1-6,8,14,18H,7H2. The average Bonchev–Trinajstić information content (AvgIpc) is 2.35. The molecule has 0 aliphatic carbocycles. The third-order valence-corrected chi connectivity index (χ3v) is 3.70. The van der Waals surface area contributed by atoms with Gasteiger partial charge in [-0.3, -0.25) is 0 Å². The SMILES string of the molecule is OC(Cc1ccc(I)cc1)c1ccc(Cl)c(F)c1. The van der Waals surface area contributed by atoms with Crippen LogP contribution in [0.3, 0.4) is 0 Å². The smallest absolute Gasteiger partial charge is 0.142 e. The highest BCUT2D eigenvalue weighted by atomic mass is 127. The number of aliphatic hydroxyl groups is 1. The van der Waals surface area contributed by atoms with E-state index in [0.29, 0.717) is 12.0 Å². The largest absolute Gasteiger partial charge is 0.388 e. The lowest BCUT2D eigenvalue weighted by Crippen LogP contribution is -2.02. The van der Waals surface area contributed by atoms with Crippen molar-refractivity contribution in [1.29, 1.82) is 0 Å².